The highest BCUT2D eigenvalue weighted by molar-refractivity contribution is 5.98. The molecule has 0 spiro atoms. The van der Waals surface area contributed by atoms with Gasteiger partial charge < -0.3 is 39.2 Å². The lowest BCUT2D eigenvalue weighted by atomic mass is 10.0. The van der Waals surface area contributed by atoms with Crippen LogP contribution in [0.3, 0.4) is 0 Å². The fraction of sp³-hybridized carbons (Fsp3) is 0.471. The van der Waals surface area contributed by atoms with Crippen molar-refractivity contribution < 1.29 is 28.6 Å². The Balaban J connectivity index is 1.40. The van der Waals surface area contributed by atoms with Crippen LogP contribution in [0.1, 0.15) is 37.0 Å². The molecule has 0 unspecified atom stereocenters. The van der Waals surface area contributed by atoms with Crippen LogP contribution in [-0.4, -0.2) is 97.9 Å². The maximum Gasteiger partial charge on any atom is 0.254 e. The number of anilines is 1. The minimum absolute atomic E-state index is 0.161. The van der Waals surface area contributed by atoms with Crippen LogP contribution in [0.2, 0.25) is 0 Å². The number of morpholine rings is 1. The molecule has 5 rings (SSSR count). The second-order valence-electron chi connectivity index (χ2n) is 11.9. The summed E-state index contributed by atoms with van der Waals surface area (Å²) >= 11 is 0. The number of ether oxygens (including phenoxy) is 3. The van der Waals surface area contributed by atoms with E-state index in [2.05, 4.69) is 20.5 Å². The van der Waals surface area contributed by atoms with Crippen LogP contribution in [0.25, 0.3) is 11.4 Å². The molecule has 1 aromatic heterocycles. The largest absolute Gasteiger partial charge is 0.495 e. The van der Waals surface area contributed by atoms with Crippen molar-refractivity contribution in [1.29, 1.82) is 0 Å². The number of nitrogens with one attached hydrogen (secondary N) is 2. The highest BCUT2D eigenvalue weighted by Crippen LogP contribution is 2.31. The molecule has 246 valence electrons. The Morgan fingerprint density at radius 1 is 1.07 bits per heavy atom. The summed E-state index contributed by atoms with van der Waals surface area (Å²) in [7, 11) is 1.60. The van der Waals surface area contributed by atoms with Gasteiger partial charge in [-0.15, -0.1) is 0 Å². The third-order valence-electron chi connectivity index (χ3n) is 8.06. The molecule has 2 aliphatic rings. The number of nitrogens with zero attached hydrogens (tertiary/aromatic N) is 4. The van der Waals surface area contributed by atoms with Crippen molar-refractivity contribution >= 4 is 23.4 Å². The Bertz CT molecular complexity index is 1500. The number of benzene rings is 2. The predicted octanol–water partition coefficient (Wildman–Crippen LogP) is 2.97. The fourth-order valence-corrected chi connectivity index (χ4v) is 5.77. The van der Waals surface area contributed by atoms with Gasteiger partial charge in [-0.1, -0.05) is 26.0 Å². The van der Waals surface area contributed by atoms with Crippen molar-refractivity contribution in [3.05, 3.63) is 60.4 Å². The van der Waals surface area contributed by atoms with E-state index in [0.29, 0.717) is 75.9 Å². The Labute approximate surface area is 270 Å². The predicted molar refractivity (Wildman–Crippen MR) is 174 cm³/mol. The summed E-state index contributed by atoms with van der Waals surface area (Å²) in [6.45, 7) is 7.81. The number of rotatable bonds is 5. The third kappa shape index (κ3) is 8.36. The summed E-state index contributed by atoms with van der Waals surface area (Å²) in [5.41, 5.74) is 2.14. The normalized spacial score (nSPS) is 18.5. The minimum atomic E-state index is -0.737. The summed E-state index contributed by atoms with van der Waals surface area (Å²) in [6, 6.07) is 12.3. The van der Waals surface area contributed by atoms with Gasteiger partial charge in [-0.2, -0.15) is 0 Å². The molecule has 2 aliphatic heterocycles. The molecule has 0 aliphatic carbocycles. The zero-order valence-electron chi connectivity index (χ0n) is 26.9. The number of aromatic nitrogens is 2. The standard InChI is InChI=1S/C34H44N6O6/c1-24(2)20-28-33(42)36-11-14-39-13-10-35-32(39)25-6-4-7-27(21-25)46-17-5-12-40(23-31(41)37-28)34(43)26-8-9-30(44-3)29(22-26)38-15-18-45-19-16-38/h4,6-10,13,21-22,24,28H,5,11-12,14-20,23H2,1-3H3,(H,36,42)(H,37,41)/t28-/m1/s1. The minimum Gasteiger partial charge on any atom is -0.495 e. The number of carbonyl (C=O) groups is 3. The Hall–Kier alpha value is -4.58. The molecule has 12 heteroatoms. The maximum absolute atomic E-state index is 14.0. The number of amides is 3. The van der Waals surface area contributed by atoms with Crippen LogP contribution in [0, 0.1) is 5.92 Å². The lowest BCUT2D eigenvalue weighted by molar-refractivity contribution is -0.129. The number of carbonyl (C=O) groups excluding carboxylic acids is 3. The highest BCUT2D eigenvalue weighted by atomic mass is 16.5. The fourth-order valence-electron chi connectivity index (χ4n) is 5.77. The van der Waals surface area contributed by atoms with Crippen LogP contribution in [0.4, 0.5) is 5.69 Å². The van der Waals surface area contributed by atoms with E-state index in [1.807, 2.05) is 54.9 Å². The van der Waals surface area contributed by atoms with E-state index in [1.165, 1.54) is 4.90 Å². The molecule has 0 saturated carbocycles. The molecule has 0 radical (unpaired) electrons. The van der Waals surface area contributed by atoms with Gasteiger partial charge in [0.15, 0.2) is 0 Å². The molecule has 2 aromatic carbocycles. The molecule has 2 bridgehead atoms. The van der Waals surface area contributed by atoms with Gasteiger partial charge in [0, 0.05) is 56.2 Å². The summed E-state index contributed by atoms with van der Waals surface area (Å²) in [4.78, 5) is 48.9. The van der Waals surface area contributed by atoms with E-state index in [1.54, 1.807) is 25.4 Å². The second-order valence-corrected chi connectivity index (χ2v) is 11.9. The van der Waals surface area contributed by atoms with Crippen molar-refractivity contribution in [1.82, 2.24) is 25.1 Å². The molecule has 3 amide bonds. The van der Waals surface area contributed by atoms with Crippen molar-refractivity contribution in [3.8, 4) is 22.9 Å². The van der Waals surface area contributed by atoms with Gasteiger partial charge in [0.1, 0.15) is 23.4 Å². The van der Waals surface area contributed by atoms with Crippen molar-refractivity contribution in [2.45, 2.75) is 39.3 Å². The molecular weight excluding hydrogens is 588 g/mol. The first-order chi connectivity index (χ1) is 22.3. The van der Waals surface area contributed by atoms with E-state index in [4.69, 9.17) is 14.2 Å². The highest BCUT2D eigenvalue weighted by Gasteiger charge is 2.26. The average Bonchev–Trinajstić information content (AvgIpc) is 3.53. The molecule has 3 heterocycles. The van der Waals surface area contributed by atoms with E-state index >= 15 is 0 Å². The molecule has 2 N–H and O–H groups in total. The molecular formula is C34H44N6O6. The SMILES string of the molecule is COc1ccc(C(=O)N2CCCOc3cccc(c3)-c3nccn3CCNC(=O)[C@@H](CC(C)C)NC(=O)C2)cc1N1CCOCC1. The smallest absolute Gasteiger partial charge is 0.254 e. The Morgan fingerprint density at radius 2 is 1.89 bits per heavy atom. The quantitative estimate of drug-likeness (QED) is 0.440. The van der Waals surface area contributed by atoms with Crippen LogP contribution in [0.5, 0.6) is 11.5 Å². The molecule has 46 heavy (non-hydrogen) atoms. The van der Waals surface area contributed by atoms with Crippen LogP contribution < -0.4 is 25.0 Å². The van der Waals surface area contributed by atoms with E-state index in [-0.39, 0.29) is 30.8 Å². The summed E-state index contributed by atoms with van der Waals surface area (Å²) < 4.78 is 19.2. The molecule has 12 nitrogen and oxygen atoms in total. The number of methoxy groups -OCH3 is 1. The number of hydrogen-bond acceptors (Lipinski definition) is 8. The first kappa shape index (κ1) is 32.8. The van der Waals surface area contributed by atoms with Crippen LogP contribution in [0.15, 0.2) is 54.9 Å². The van der Waals surface area contributed by atoms with Gasteiger partial charge >= 0.3 is 0 Å². The van der Waals surface area contributed by atoms with Gasteiger partial charge in [-0.3, -0.25) is 14.4 Å². The third-order valence-corrected chi connectivity index (χ3v) is 8.06. The topological polar surface area (TPSA) is 127 Å². The van der Waals surface area contributed by atoms with Crippen molar-refractivity contribution in [3.63, 3.8) is 0 Å². The van der Waals surface area contributed by atoms with Gasteiger partial charge in [0.05, 0.1) is 39.2 Å². The molecule has 1 atom stereocenters. The molecule has 3 aromatic rings. The number of imidazole rings is 1. The van der Waals surface area contributed by atoms with Gasteiger partial charge in [0.25, 0.3) is 5.91 Å². The van der Waals surface area contributed by atoms with E-state index in [9.17, 15) is 14.4 Å². The van der Waals surface area contributed by atoms with Gasteiger partial charge in [-0.25, -0.2) is 4.98 Å². The van der Waals surface area contributed by atoms with Gasteiger partial charge in [-0.05, 0) is 49.1 Å². The van der Waals surface area contributed by atoms with Crippen LogP contribution in [-0.2, 0) is 20.9 Å². The maximum atomic E-state index is 14.0. The van der Waals surface area contributed by atoms with E-state index < -0.39 is 11.9 Å². The number of fused-ring (bicyclic) bond motifs is 4. The lowest BCUT2D eigenvalue weighted by Gasteiger charge is -2.31. The van der Waals surface area contributed by atoms with Crippen molar-refractivity contribution in [2.75, 3.05) is 64.6 Å². The molecule has 1 saturated heterocycles. The Kier molecular flexibility index (Phi) is 11.1. The van der Waals surface area contributed by atoms with Gasteiger partial charge in [0.2, 0.25) is 11.8 Å². The summed E-state index contributed by atoms with van der Waals surface area (Å²) in [5.74, 6) is 1.32. The van der Waals surface area contributed by atoms with E-state index in [0.717, 1.165) is 17.1 Å². The number of hydrogen-bond donors (Lipinski definition) is 2. The average molecular weight is 633 g/mol. The Morgan fingerprint density at radius 3 is 2.67 bits per heavy atom. The summed E-state index contributed by atoms with van der Waals surface area (Å²) in [6.07, 6.45) is 4.55. The second kappa shape index (κ2) is 15.6. The van der Waals surface area contributed by atoms with Crippen LogP contribution >= 0.6 is 0 Å². The monoisotopic (exact) mass is 632 g/mol. The lowest BCUT2D eigenvalue weighted by Crippen LogP contribution is -2.51. The zero-order valence-corrected chi connectivity index (χ0v) is 26.9. The first-order valence-electron chi connectivity index (χ1n) is 15.9. The van der Waals surface area contributed by atoms with Crippen molar-refractivity contribution in [2.24, 2.45) is 5.92 Å². The summed E-state index contributed by atoms with van der Waals surface area (Å²) in [5, 5.41) is 5.88. The zero-order chi connectivity index (χ0) is 32.5. The first-order valence-corrected chi connectivity index (χ1v) is 15.9. The molecule has 1 fully saturated rings.